The highest BCUT2D eigenvalue weighted by Gasteiger charge is 2.35. The van der Waals surface area contributed by atoms with E-state index in [0.717, 1.165) is 11.6 Å². The highest BCUT2D eigenvalue weighted by molar-refractivity contribution is 6.43. The number of hydrogen-bond donors (Lipinski definition) is 2. The van der Waals surface area contributed by atoms with Crippen LogP contribution in [-0.4, -0.2) is 58.8 Å². The number of ether oxygens (including phenoxy) is 1. The van der Waals surface area contributed by atoms with E-state index in [4.69, 9.17) is 16.3 Å². The monoisotopic (exact) mass is 563 g/mol. The Morgan fingerprint density at radius 2 is 1.85 bits per heavy atom. The number of hydrogen-bond acceptors (Lipinski definition) is 6. The van der Waals surface area contributed by atoms with Crippen molar-refractivity contribution < 1.29 is 32.3 Å². The number of carbonyl (C=O) groups excluding carboxylic acids is 3. The molecule has 0 aliphatic carbocycles. The number of benzene rings is 1. The van der Waals surface area contributed by atoms with Crippen molar-refractivity contribution >= 4 is 35.1 Å². The van der Waals surface area contributed by atoms with Crippen LogP contribution in [0.1, 0.15) is 32.7 Å². The maximum Gasteiger partial charge on any atom is 0.417 e. The Hall–Kier alpha value is -4.06. The third-order valence-corrected chi connectivity index (χ3v) is 6.68. The SMILES string of the molecule is Cc1[nH]c(OC(=O)NCc2cccnc2)c(C)c1C(=O)C(=O)N1CCN(c2ccc(Cl)c(C(F)(F)F)c2)CC1. The normalized spacial score (nSPS) is 13.8. The third kappa shape index (κ3) is 6.33. The van der Waals surface area contributed by atoms with Crippen LogP contribution in [0, 0.1) is 13.8 Å². The number of H-pyrrole nitrogens is 1. The summed E-state index contributed by atoms with van der Waals surface area (Å²) in [5.41, 5.74) is 0.933. The molecule has 2 aromatic heterocycles. The van der Waals surface area contributed by atoms with E-state index < -0.39 is 34.5 Å². The number of carbonyl (C=O) groups is 3. The van der Waals surface area contributed by atoms with Crippen LogP contribution in [0.3, 0.4) is 0 Å². The highest BCUT2D eigenvalue weighted by Crippen LogP contribution is 2.37. The maximum absolute atomic E-state index is 13.2. The quantitative estimate of drug-likeness (QED) is 0.337. The van der Waals surface area contributed by atoms with Crippen molar-refractivity contribution in [2.24, 2.45) is 0 Å². The van der Waals surface area contributed by atoms with Crippen molar-refractivity contribution in [2.45, 2.75) is 26.6 Å². The third-order valence-electron chi connectivity index (χ3n) is 6.35. The minimum absolute atomic E-state index is 0.0420. The molecular weight excluding hydrogens is 539 g/mol. The van der Waals surface area contributed by atoms with Crippen molar-refractivity contribution in [3.8, 4) is 5.88 Å². The second-order valence-corrected chi connectivity index (χ2v) is 9.36. The minimum atomic E-state index is -4.59. The summed E-state index contributed by atoms with van der Waals surface area (Å²) in [4.78, 5) is 48.2. The first-order valence-corrected chi connectivity index (χ1v) is 12.3. The highest BCUT2D eigenvalue weighted by atomic mass is 35.5. The number of pyridine rings is 1. The van der Waals surface area contributed by atoms with Crippen molar-refractivity contribution in [3.63, 3.8) is 0 Å². The minimum Gasteiger partial charge on any atom is -0.393 e. The van der Waals surface area contributed by atoms with Gasteiger partial charge in [-0.3, -0.25) is 14.6 Å². The van der Waals surface area contributed by atoms with E-state index in [1.807, 2.05) is 0 Å². The zero-order valence-electron chi connectivity index (χ0n) is 21.1. The zero-order chi connectivity index (χ0) is 28.3. The van der Waals surface area contributed by atoms with E-state index in [2.05, 4.69) is 15.3 Å². The fourth-order valence-corrected chi connectivity index (χ4v) is 4.54. The van der Waals surface area contributed by atoms with Gasteiger partial charge in [-0.25, -0.2) is 4.79 Å². The first-order valence-electron chi connectivity index (χ1n) is 11.9. The van der Waals surface area contributed by atoms with Crippen molar-refractivity contribution in [1.29, 1.82) is 0 Å². The van der Waals surface area contributed by atoms with Gasteiger partial charge in [0.05, 0.1) is 16.1 Å². The largest absolute Gasteiger partial charge is 0.417 e. The van der Waals surface area contributed by atoms with Crippen LogP contribution in [0.15, 0.2) is 42.7 Å². The zero-order valence-corrected chi connectivity index (χ0v) is 21.8. The van der Waals surface area contributed by atoms with E-state index in [-0.39, 0.29) is 44.2 Å². The van der Waals surface area contributed by atoms with Gasteiger partial charge in [0.2, 0.25) is 5.88 Å². The van der Waals surface area contributed by atoms with Gasteiger partial charge < -0.3 is 24.8 Å². The molecule has 4 rings (SSSR count). The molecule has 0 spiro atoms. The van der Waals surface area contributed by atoms with Gasteiger partial charge in [0.25, 0.3) is 11.7 Å². The summed E-state index contributed by atoms with van der Waals surface area (Å²) in [7, 11) is 0. The molecule has 13 heteroatoms. The molecule has 2 amide bonds. The van der Waals surface area contributed by atoms with Crippen LogP contribution >= 0.6 is 11.6 Å². The lowest BCUT2D eigenvalue weighted by Gasteiger charge is -2.36. The molecule has 1 aliphatic rings. The summed E-state index contributed by atoms with van der Waals surface area (Å²) in [5.74, 6) is -1.48. The fraction of sp³-hybridized carbons (Fsp3) is 0.308. The van der Waals surface area contributed by atoms with Gasteiger partial charge in [-0.15, -0.1) is 0 Å². The number of nitrogens with zero attached hydrogens (tertiary/aromatic N) is 3. The lowest BCUT2D eigenvalue weighted by atomic mass is 10.1. The number of piperazine rings is 1. The van der Waals surface area contributed by atoms with Gasteiger partial charge >= 0.3 is 12.3 Å². The fourth-order valence-electron chi connectivity index (χ4n) is 4.32. The predicted molar refractivity (Wildman–Crippen MR) is 137 cm³/mol. The summed E-state index contributed by atoms with van der Waals surface area (Å²) in [6, 6.07) is 7.18. The molecule has 1 aromatic carbocycles. The van der Waals surface area contributed by atoms with Gasteiger partial charge in [0.15, 0.2) is 0 Å². The summed E-state index contributed by atoms with van der Waals surface area (Å²) in [6.07, 6.45) is -2.13. The second kappa shape index (κ2) is 11.4. The molecule has 39 heavy (non-hydrogen) atoms. The topological polar surface area (TPSA) is 108 Å². The van der Waals surface area contributed by atoms with Gasteiger partial charge in [0.1, 0.15) is 0 Å². The van der Waals surface area contributed by atoms with Gasteiger partial charge in [-0.2, -0.15) is 13.2 Å². The lowest BCUT2D eigenvalue weighted by Crippen LogP contribution is -2.50. The van der Waals surface area contributed by atoms with E-state index in [1.165, 1.54) is 17.0 Å². The van der Waals surface area contributed by atoms with Gasteiger partial charge in [0, 0.05) is 62.1 Å². The first kappa shape index (κ1) is 28.0. The molecule has 2 N–H and O–H groups in total. The summed E-state index contributed by atoms with van der Waals surface area (Å²) in [5, 5.41) is 2.19. The number of rotatable bonds is 6. The Morgan fingerprint density at radius 3 is 2.49 bits per heavy atom. The molecule has 0 unspecified atom stereocenters. The standard InChI is InChI=1S/C26H25ClF3N5O4/c1-15-21(16(2)33-23(15)39-25(38)32-14-17-4-3-7-31-13-17)22(36)24(37)35-10-8-34(9-11-35)18-5-6-20(27)19(12-18)26(28,29)30/h3-7,12-13,33H,8-11,14H2,1-2H3,(H,32,38). The van der Waals surface area contributed by atoms with E-state index >= 15 is 0 Å². The lowest BCUT2D eigenvalue weighted by molar-refractivity contribution is -0.137. The van der Waals surface area contributed by atoms with Crippen LogP contribution < -0.4 is 15.0 Å². The Bertz CT molecular complexity index is 1390. The van der Waals surface area contributed by atoms with Crippen molar-refractivity contribution in [1.82, 2.24) is 20.2 Å². The Labute approximate surface area is 226 Å². The molecule has 0 saturated carbocycles. The van der Waals surface area contributed by atoms with Gasteiger partial charge in [-0.05, 0) is 43.7 Å². The number of amides is 2. The number of ketones is 1. The number of aromatic nitrogens is 2. The number of aromatic amines is 1. The second-order valence-electron chi connectivity index (χ2n) is 8.95. The first-order chi connectivity index (χ1) is 18.5. The number of halogens is 4. The van der Waals surface area contributed by atoms with Crippen LogP contribution in [0.25, 0.3) is 0 Å². The average Bonchev–Trinajstić information content (AvgIpc) is 3.19. The summed E-state index contributed by atoms with van der Waals surface area (Å²) < 4.78 is 45.0. The Morgan fingerprint density at radius 1 is 1.13 bits per heavy atom. The molecule has 1 aliphatic heterocycles. The average molecular weight is 564 g/mol. The van der Waals surface area contributed by atoms with E-state index in [9.17, 15) is 27.6 Å². The van der Waals surface area contributed by atoms with E-state index in [1.54, 1.807) is 43.3 Å². The maximum atomic E-state index is 13.2. The smallest absolute Gasteiger partial charge is 0.393 e. The van der Waals surface area contributed by atoms with Gasteiger partial charge in [-0.1, -0.05) is 17.7 Å². The number of alkyl halides is 3. The predicted octanol–water partition coefficient (Wildman–Crippen LogP) is 4.52. The number of anilines is 1. The molecule has 3 aromatic rings. The molecule has 206 valence electrons. The molecule has 0 atom stereocenters. The Kier molecular flexibility index (Phi) is 8.14. The summed E-state index contributed by atoms with van der Waals surface area (Å²) in [6.45, 7) is 4.07. The van der Waals surface area contributed by atoms with Crippen molar-refractivity contribution in [3.05, 3.63) is 75.7 Å². The van der Waals surface area contributed by atoms with Crippen LogP contribution in [0.5, 0.6) is 5.88 Å². The summed E-state index contributed by atoms with van der Waals surface area (Å²) >= 11 is 5.71. The van der Waals surface area contributed by atoms with Crippen LogP contribution in [-0.2, 0) is 17.5 Å². The molecular formula is C26H25ClF3N5O4. The molecule has 3 heterocycles. The number of nitrogens with one attached hydrogen (secondary N) is 2. The van der Waals surface area contributed by atoms with Crippen LogP contribution in [0.2, 0.25) is 5.02 Å². The number of aryl methyl sites for hydroxylation is 1. The number of Topliss-reactive ketones (excluding diaryl/α,β-unsaturated/α-hetero) is 1. The van der Waals surface area contributed by atoms with E-state index in [0.29, 0.717) is 16.9 Å². The molecule has 1 saturated heterocycles. The van der Waals surface area contributed by atoms with Crippen molar-refractivity contribution in [2.75, 3.05) is 31.1 Å². The molecule has 1 fully saturated rings. The molecule has 0 radical (unpaired) electrons. The van der Waals surface area contributed by atoms with Crippen LogP contribution in [0.4, 0.5) is 23.7 Å². The Balaban J connectivity index is 1.38. The molecule has 0 bridgehead atoms. The molecule has 9 nitrogen and oxygen atoms in total.